The van der Waals surface area contributed by atoms with E-state index in [2.05, 4.69) is 10.6 Å². The van der Waals surface area contributed by atoms with E-state index in [-0.39, 0.29) is 5.91 Å². The molecule has 1 aromatic rings. The lowest BCUT2D eigenvalue weighted by atomic mass is 10.2. The van der Waals surface area contributed by atoms with Gasteiger partial charge in [-0.1, -0.05) is 6.92 Å². The molecule has 0 atom stereocenters. The van der Waals surface area contributed by atoms with Crippen LogP contribution in [-0.2, 0) is 19.4 Å². The van der Waals surface area contributed by atoms with Gasteiger partial charge in [0, 0.05) is 24.4 Å². The van der Waals surface area contributed by atoms with E-state index in [4.69, 9.17) is 4.74 Å². The van der Waals surface area contributed by atoms with E-state index in [9.17, 15) is 18.0 Å². The highest BCUT2D eigenvalue weighted by molar-refractivity contribution is 7.91. The standard InChI is InChI=1S/C14H20N2O5S/c1-4-5-13(17)16-11-7-6-10(8-12(11)21-2)15-14(18)9-22(3,19)20/h6-8H,4-5,9H2,1-3H3,(H,15,18)(H,16,17). The molecule has 8 heteroatoms. The zero-order valence-corrected chi connectivity index (χ0v) is 13.6. The normalized spacial score (nSPS) is 10.9. The van der Waals surface area contributed by atoms with Gasteiger partial charge >= 0.3 is 0 Å². The van der Waals surface area contributed by atoms with E-state index < -0.39 is 21.5 Å². The molecule has 0 aromatic heterocycles. The van der Waals surface area contributed by atoms with Crippen molar-refractivity contribution in [3.63, 3.8) is 0 Å². The van der Waals surface area contributed by atoms with Crippen LogP contribution >= 0.6 is 0 Å². The molecule has 0 saturated carbocycles. The molecule has 0 saturated heterocycles. The van der Waals surface area contributed by atoms with Crippen LogP contribution in [0.5, 0.6) is 5.75 Å². The first kappa shape index (κ1) is 18.0. The van der Waals surface area contributed by atoms with Gasteiger partial charge in [0.1, 0.15) is 11.5 Å². The fraction of sp³-hybridized carbons (Fsp3) is 0.429. The van der Waals surface area contributed by atoms with Gasteiger partial charge in [-0.05, 0) is 18.6 Å². The van der Waals surface area contributed by atoms with Gasteiger partial charge in [0.05, 0.1) is 12.8 Å². The number of sulfone groups is 1. The minimum absolute atomic E-state index is 0.130. The molecule has 0 spiro atoms. The summed E-state index contributed by atoms with van der Waals surface area (Å²) < 4.78 is 27.3. The van der Waals surface area contributed by atoms with Gasteiger partial charge in [-0.15, -0.1) is 0 Å². The zero-order valence-electron chi connectivity index (χ0n) is 12.8. The summed E-state index contributed by atoms with van der Waals surface area (Å²) in [7, 11) is -1.95. The lowest BCUT2D eigenvalue weighted by Gasteiger charge is -2.12. The van der Waals surface area contributed by atoms with E-state index in [1.165, 1.54) is 13.2 Å². The zero-order chi connectivity index (χ0) is 16.8. The Labute approximate surface area is 130 Å². The second-order valence-corrected chi connectivity index (χ2v) is 6.97. The van der Waals surface area contributed by atoms with E-state index in [0.29, 0.717) is 23.5 Å². The monoisotopic (exact) mass is 328 g/mol. The topological polar surface area (TPSA) is 102 Å². The van der Waals surface area contributed by atoms with E-state index >= 15 is 0 Å². The van der Waals surface area contributed by atoms with Crippen LogP contribution in [0.2, 0.25) is 0 Å². The Hall–Kier alpha value is -2.09. The molecular formula is C14H20N2O5S. The second-order valence-electron chi connectivity index (χ2n) is 4.83. The fourth-order valence-corrected chi connectivity index (χ4v) is 2.30. The third-order valence-electron chi connectivity index (χ3n) is 2.63. The average Bonchev–Trinajstić information content (AvgIpc) is 2.38. The molecule has 0 bridgehead atoms. The highest BCUT2D eigenvalue weighted by atomic mass is 32.2. The largest absolute Gasteiger partial charge is 0.494 e. The minimum Gasteiger partial charge on any atom is -0.494 e. The molecule has 1 aromatic carbocycles. The van der Waals surface area contributed by atoms with Gasteiger partial charge in [0.25, 0.3) is 0 Å². The van der Waals surface area contributed by atoms with Crippen LogP contribution < -0.4 is 15.4 Å². The summed E-state index contributed by atoms with van der Waals surface area (Å²) in [4.78, 5) is 23.2. The lowest BCUT2D eigenvalue weighted by Crippen LogP contribution is -2.22. The van der Waals surface area contributed by atoms with Crippen LogP contribution in [-0.4, -0.2) is 39.4 Å². The number of carbonyl (C=O) groups is 2. The number of ether oxygens (including phenoxy) is 1. The molecule has 22 heavy (non-hydrogen) atoms. The van der Waals surface area contributed by atoms with Crippen molar-refractivity contribution in [2.45, 2.75) is 19.8 Å². The van der Waals surface area contributed by atoms with Gasteiger partial charge in [0.2, 0.25) is 11.8 Å². The molecule has 2 amide bonds. The van der Waals surface area contributed by atoms with Crippen LogP contribution in [0.15, 0.2) is 18.2 Å². The average molecular weight is 328 g/mol. The first-order valence-corrected chi connectivity index (χ1v) is 8.76. The Kier molecular flexibility index (Phi) is 6.36. The smallest absolute Gasteiger partial charge is 0.239 e. The first-order chi connectivity index (χ1) is 10.2. The maximum Gasteiger partial charge on any atom is 0.239 e. The summed E-state index contributed by atoms with van der Waals surface area (Å²) in [6.07, 6.45) is 2.11. The maximum atomic E-state index is 11.6. The SMILES string of the molecule is CCCC(=O)Nc1ccc(NC(=O)CS(C)(=O)=O)cc1OC. The number of carbonyl (C=O) groups excluding carboxylic acids is 2. The van der Waals surface area contributed by atoms with Crippen molar-refractivity contribution in [3.8, 4) is 5.75 Å². The molecule has 122 valence electrons. The molecule has 1 rings (SSSR count). The summed E-state index contributed by atoms with van der Waals surface area (Å²) in [5, 5.41) is 5.18. The number of benzene rings is 1. The fourth-order valence-electron chi connectivity index (χ4n) is 1.75. The predicted molar refractivity (Wildman–Crippen MR) is 84.9 cm³/mol. The Bertz CT molecular complexity index is 655. The molecule has 0 aliphatic carbocycles. The number of amides is 2. The summed E-state index contributed by atoms with van der Waals surface area (Å²) in [6.45, 7) is 1.90. The summed E-state index contributed by atoms with van der Waals surface area (Å²) in [6, 6.07) is 4.66. The number of rotatable bonds is 7. The predicted octanol–water partition coefficient (Wildman–Crippen LogP) is 1.42. The first-order valence-electron chi connectivity index (χ1n) is 6.70. The van der Waals surface area contributed by atoms with Crippen molar-refractivity contribution in [1.29, 1.82) is 0 Å². The molecule has 0 unspecified atom stereocenters. The third kappa shape index (κ3) is 6.13. The van der Waals surface area contributed by atoms with Gasteiger partial charge < -0.3 is 15.4 Å². The van der Waals surface area contributed by atoms with Crippen molar-refractivity contribution < 1.29 is 22.7 Å². The van der Waals surface area contributed by atoms with Crippen LogP contribution in [0.4, 0.5) is 11.4 Å². The number of hydrogen-bond acceptors (Lipinski definition) is 5. The maximum absolute atomic E-state index is 11.6. The number of anilines is 2. The van der Waals surface area contributed by atoms with Crippen molar-refractivity contribution >= 4 is 33.0 Å². The van der Waals surface area contributed by atoms with Crippen LogP contribution in [0.25, 0.3) is 0 Å². The van der Waals surface area contributed by atoms with Crippen LogP contribution in [0.1, 0.15) is 19.8 Å². The highest BCUT2D eigenvalue weighted by Gasteiger charge is 2.13. The number of methoxy groups -OCH3 is 1. The minimum atomic E-state index is -3.39. The molecule has 0 aliphatic rings. The quantitative estimate of drug-likeness (QED) is 0.788. The van der Waals surface area contributed by atoms with Crippen LogP contribution in [0.3, 0.4) is 0 Å². The summed E-state index contributed by atoms with van der Waals surface area (Å²) >= 11 is 0. The van der Waals surface area contributed by atoms with E-state index in [0.717, 1.165) is 12.7 Å². The summed E-state index contributed by atoms with van der Waals surface area (Å²) in [5.41, 5.74) is 0.876. The molecule has 0 fully saturated rings. The Morgan fingerprint density at radius 3 is 2.41 bits per heavy atom. The molecule has 0 radical (unpaired) electrons. The van der Waals surface area contributed by atoms with E-state index in [1.807, 2.05) is 6.92 Å². The van der Waals surface area contributed by atoms with Gasteiger partial charge in [-0.25, -0.2) is 8.42 Å². The van der Waals surface area contributed by atoms with Crippen molar-refractivity contribution in [1.82, 2.24) is 0 Å². The van der Waals surface area contributed by atoms with Gasteiger partial charge in [-0.2, -0.15) is 0 Å². The Morgan fingerprint density at radius 1 is 1.18 bits per heavy atom. The second kappa shape index (κ2) is 7.79. The number of nitrogens with one attached hydrogen (secondary N) is 2. The molecule has 2 N–H and O–H groups in total. The van der Waals surface area contributed by atoms with Crippen molar-refractivity contribution in [3.05, 3.63) is 18.2 Å². The van der Waals surface area contributed by atoms with Gasteiger partial charge in [-0.3, -0.25) is 9.59 Å². The summed E-state index contributed by atoms with van der Waals surface area (Å²) in [5.74, 6) is -0.979. The molecule has 7 nitrogen and oxygen atoms in total. The van der Waals surface area contributed by atoms with E-state index in [1.54, 1.807) is 12.1 Å². The Morgan fingerprint density at radius 2 is 1.86 bits per heavy atom. The molecule has 0 heterocycles. The molecule has 0 aliphatic heterocycles. The Balaban J connectivity index is 2.84. The highest BCUT2D eigenvalue weighted by Crippen LogP contribution is 2.28. The lowest BCUT2D eigenvalue weighted by molar-refractivity contribution is -0.116. The van der Waals surface area contributed by atoms with Crippen molar-refractivity contribution in [2.24, 2.45) is 0 Å². The number of hydrogen-bond donors (Lipinski definition) is 2. The molecular weight excluding hydrogens is 308 g/mol. The van der Waals surface area contributed by atoms with Crippen molar-refractivity contribution in [2.75, 3.05) is 29.8 Å². The van der Waals surface area contributed by atoms with Crippen LogP contribution in [0, 0.1) is 0 Å². The van der Waals surface area contributed by atoms with Gasteiger partial charge in [0.15, 0.2) is 9.84 Å². The third-order valence-corrected chi connectivity index (χ3v) is 3.42.